The molecule has 4 rings (SSSR count). The fraction of sp³-hybridized carbons (Fsp3) is 0.474. The molecule has 2 fully saturated rings. The van der Waals surface area contributed by atoms with Crippen LogP contribution >= 0.6 is 0 Å². The highest BCUT2D eigenvalue weighted by Crippen LogP contribution is 2.35. The number of nitro groups is 1. The smallest absolute Gasteiger partial charge is 0.353 e. The normalized spacial score (nSPS) is 17.2. The molecule has 0 aliphatic carbocycles. The summed E-state index contributed by atoms with van der Waals surface area (Å²) in [5, 5.41) is 12.0. The predicted molar refractivity (Wildman–Crippen MR) is 112 cm³/mol. The molecule has 0 bridgehead atoms. The lowest BCUT2D eigenvalue weighted by Gasteiger charge is -2.37. The maximum Gasteiger partial charge on any atom is 0.353 e. The van der Waals surface area contributed by atoms with Crippen molar-refractivity contribution in [3.05, 3.63) is 40.8 Å². The predicted octanol–water partition coefficient (Wildman–Crippen LogP) is 0.775. The van der Waals surface area contributed by atoms with E-state index in [1.165, 1.54) is 13.3 Å². The zero-order valence-corrected chi connectivity index (χ0v) is 16.8. The fourth-order valence-corrected chi connectivity index (χ4v) is 3.91. The van der Waals surface area contributed by atoms with E-state index in [0.717, 1.165) is 5.82 Å². The molecule has 2 aromatic rings. The second-order valence-corrected chi connectivity index (χ2v) is 7.28. The number of hydrogen-bond acceptors (Lipinski definition) is 9. The van der Waals surface area contributed by atoms with Gasteiger partial charge < -0.3 is 19.6 Å². The van der Waals surface area contributed by atoms with Gasteiger partial charge >= 0.3 is 5.69 Å². The van der Waals surface area contributed by atoms with E-state index < -0.39 is 4.92 Å². The highest BCUT2D eigenvalue weighted by Gasteiger charge is 2.33. The van der Waals surface area contributed by atoms with Crippen LogP contribution in [0.2, 0.25) is 0 Å². The van der Waals surface area contributed by atoms with Crippen LogP contribution in [-0.2, 0) is 4.79 Å². The molecule has 2 aliphatic rings. The van der Waals surface area contributed by atoms with Crippen LogP contribution in [0.15, 0.2) is 30.7 Å². The summed E-state index contributed by atoms with van der Waals surface area (Å²) in [6.45, 7) is 6.19. The van der Waals surface area contributed by atoms with Crippen molar-refractivity contribution in [2.75, 3.05) is 67.1 Å². The number of carbonyl (C=O) groups is 1. The zero-order valence-electron chi connectivity index (χ0n) is 16.8. The third kappa shape index (κ3) is 3.95. The first-order valence-corrected chi connectivity index (χ1v) is 9.95. The minimum Gasteiger partial charge on any atom is -0.353 e. The molecule has 1 amide bonds. The Morgan fingerprint density at radius 2 is 1.47 bits per heavy atom. The van der Waals surface area contributed by atoms with Gasteiger partial charge in [-0.15, -0.1) is 0 Å². The summed E-state index contributed by atoms with van der Waals surface area (Å²) in [6.07, 6.45) is 3.15. The van der Waals surface area contributed by atoms with Gasteiger partial charge in [0.25, 0.3) is 0 Å². The largest absolute Gasteiger partial charge is 0.353 e. The summed E-state index contributed by atoms with van der Waals surface area (Å²) < 4.78 is 0. The van der Waals surface area contributed by atoms with Crippen molar-refractivity contribution in [2.45, 2.75) is 6.92 Å². The molecule has 158 valence electrons. The molecule has 2 aromatic heterocycles. The molecule has 0 unspecified atom stereocenters. The third-order valence-electron chi connectivity index (χ3n) is 5.54. The van der Waals surface area contributed by atoms with Crippen LogP contribution in [0.1, 0.15) is 6.92 Å². The minimum atomic E-state index is -0.396. The number of piperazine rings is 2. The summed E-state index contributed by atoms with van der Waals surface area (Å²) in [7, 11) is 0. The van der Waals surface area contributed by atoms with Crippen LogP contribution in [0.5, 0.6) is 0 Å². The average molecular weight is 412 g/mol. The Labute approximate surface area is 174 Å². The lowest BCUT2D eigenvalue weighted by molar-refractivity contribution is -0.383. The molecule has 0 atom stereocenters. The molecule has 2 saturated heterocycles. The van der Waals surface area contributed by atoms with Crippen molar-refractivity contribution in [2.24, 2.45) is 0 Å². The van der Waals surface area contributed by atoms with E-state index in [1.54, 1.807) is 11.1 Å². The number of nitrogens with zero attached hydrogens (tertiary/aromatic N) is 8. The molecule has 11 heteroatoms. The molecular formula is C19H24N8O3. The Hall–Kier alpha value is -3.50. The molecule has 11 nitrogen and oxygen atoms in total. The molecule has 0 radical (unpaired) electrons. The maximum atomic E-state index is 12.0. The van der Waals surface area contributed by atoms with Crippen molar-refractivity contribution in [1.29, 1.82) is 0 Å². The van der Waals surface area contributed by atoms with Crippen LogP contribution in [0.4, 0.5) is 23.1 Å². The second kappa shape index (κ2) is 8.47. The van der Waals surface area contributed by atoms with E-state index in [4.69, 9.17) is 0 Å². The third-order valence-corrected chi connectivity index (χ3v) is 5.54. The number of amides is 1. The van der Waals surface area contributed by atoms with E-state index in [1.807, 2.05) is 28.0 Å². The van der Waals surface area contributed by atoms with Crippen molar-refractivity contribution in [3.8, 4) is 0 Å². The van der Waals surface area contributed by atoms with Crippen molar-refractivity contribution < 1.29 is 9.72 Å². The van der Waals surface area contributed by atoms with Gasteiger partial charge in [0, 0.05) is 65.5 Å². The van der Waals surface area contributed by atoms with Crippen molar-refractivity contribution >= 4 is 29.0 Å². The van der Waals surface area contributed by atoms with Crippen molar-refractivity contribution in [3.63, 3.8) is 0 Å². The standard InChI is InChI=1S/C19H24N8O3/c1-15(28)23-6-10-25(11-7-23)18-17(27(29)30)19(22-14-21-18)26-12-8-24(9-13-26)16-4-2-3-5-20-16/h2-5,14H,6-13H2,1H3. The topological polar surface area (TPSA) is 112 Å². The molecule has 0 spiro atoms. The Morgan fingerprint density at radius 1 is 0.900 bits per heavy atom. The second-order valence-electron chi connectivity index (χ2n) is 7.28. The van der Waals surface area contributed by atoms with Gasteiger partial charge in [-0.3, -0.25) is 14.9 Å². The molecule has 2 aliphatic heterocycles. The number of hydrogen-bond donors (Lipinski definition) is 0. The average Bonchev–Trinajstić information content (AvgIpc) is 2.79. The van der Waals surface area contributed by atoms with Crippen LogP contribution < -0.4 is 14.7 Å². The molecule has 0 saturated carbocycles. The minimum absolute atomic E-state index is 0.0123. The molecule has 0 N–H and O–H groups in total. The monoisotopic (exact) mass is 412 g/mol. The summed E-state index contributed by atoms with van der Waals surface area (Å²) in [5.41, 5.74) is -0.0694. The zero-order chi connectivity index (χ0) is 21.1. The van der Waals surface area contributed by atoms with Gasteiger partial charge in [-0.2, -0.15) is 0 Å². The van der Waals surface area contributed by atoms with Gasteiger partial charge in [-0.1, -0.05) is 6.07 Å². The Bertz CT molecular complexity index is 909. The van der Waals surface area contributed by atoms with E-state index in [2.05, 4.69) is 19.9 Å². The summed E-state index contributed by atoms with van der Waals surface area (Å²) in [4.78, 5) is 43.7. The van der Waals surface area contributed by atoms with Gasteiger partial charge in [0.15, 0.2) is 0 Å². The molecule has 4 heterocycles. The number of anilines is 3. The number of pyridine rings is 1. The van der Waals surface area contributed by atoms with Crippen molar-refractivity contribution in [1.82, 2.24) is 19.9 Å². The van der Waals surface area contributed by atoms with Gasteiger partial charge in [0.05, 0.1) is 4.92 Å². The highest BCUT2D eigenvalue weighted by molar-refractivity contribution is 5.74. The summed E-state index contributed by atoms with van der Waals surface area (Å²) >= 11 is 0. The number of aromatic nitrogens is 3. The van der Waals surface area contributed by atoms with Gasteiger partial charge in [-0.25, -0.2) is 15.0 Å². The highest BCUT2D eigenvalue weighted by atomic mass is 16.6. The SMILES string of the molecule is CC(=O)N1CCN(c2ncnc(N3CCN(c4ccccn4)CC3)c2[N+](=O)[O-])CC1. The first-order chi connectivity index (χ1) is 14.5. The quantitative estimate of drug-likeness (QED) is 0.531. The number of carbonyl (C=O) groups excluding carboxylic acids is 1. The van der Waals surface area contributed by atoms with E-state index in [-0.39, 0.29) is 11.6 Å². The fourth-order valence-electron chi connectivity index (χ4n) is 3.91. The summed E-state index contributed by atoms with van der Waals surface area (Å²) in [6, 6.07) is 5.78. The summed E-state index contributed by atoms with van der Waals surface area (Å²) in [5.74, 6) is 1.58. The molecular weight excluding hydrogens is 388 g/mol. The van der Waals surface area contributed by atoms with Crippen LogP contribution in [0.25, 0.3) is 0 Å². The lowest BCUT2D eigenvalue weighted by Crippen LogP contribution is -2.49. The van der Waals surface area contributed by atoms with E-state index >= 15 is 0 Å². The molecule has 0 aromatic carbocycles. The first-order valence-electron chi connectivity index (χ1n) is 9.95. The Morgan fingerprint density at radius 3 is 1.97 bits per heavy atom. The van der Waals surface area contributed by atoms with E-state index in [0.29, 0.717) is 64.0 Å². The van der Waals surface area contributed by atoms with Crippen LogP contribution in [0.3, 0.4) is 0 Å². The molecule has 30 heavy (non-hydrogen) atoms. The van der Waals surface area contributed by atoms with Gasteiger partial charge in [-0.05, 0) is 12.1 Å². The van der Waals surface area contributed by atoms with E-state index in [9.17, 15) is 14.9 Å². The first kappa shape index (κ1) is 19.8. The number of rotatable bonds is 4. The van der Waals surface area contributed by atoms with Gasteiger partial charge in [0.1, 0.15) is 12.1 Å². The lowest BCUT2D eigenvalue weighted by atomic mass is 10.2. The van der Waals surface area contributed by atoms with Crippen LogP contribution in [0, 0.1) is 10.1 Å². The Kier molecular flexibility index (Phi) is 5.59. The van der Waals surface area contributed by atoms with Gasteiger partial charge in [0.2, 0.25) is 17.5 Å². The Balaban J connectivity index is 1.53. The van der Waals surface area contributed by atoms with Crippen LogP contribution in [-0.4, -0.2) is 83.0 Å². The maximum absolute atomic E-state index is 12.0.